The topological polar surface area (TPSA) is 53.1 Å². The molecule has 1 atom stereocenters. The van der Waals surface area contributed by atoms with Gasteiger partial charge in [-0.15, -0.1) is 0 Å². The van der Waals surface area contributed by atoms with Crippen LogP contribution in [0.5, 0.6) is 0 Å². The maximum absolute atomic E-state index is 12.1. The van der Waals surface area contributed by atoms with E-state index in [1.54, 1.807) is 24.9 Å². The van der Waals surface area contributed by atoms with Crippen LogP contribution in [-0.4, -0.2) is 65.5 Å². The summed E-state index contributed by atoms with van der Waals surface area (Å²) in [5.41, 5.74) is 2.14. The third kappa shape index (κ3) is 3.22. The van der Waals surface area contributed by atoms with Gasteiger partial charge in [0.05, 0.1) is 12.6 Å². The average molecular weight is 329 g/mol. The van der Waals surface area contributed by atoms with E-state index in [1.807, 2.05) is 23.1 Å². The zero-order valence-corrected chi connectivity index (χ0v) is 14.1. The zero-order chi connectivity index (χ0) is 17.1. The molecule has 0 N–H and O–H groups in total. The van der Waals surface area contributed by atoms with Gasteiger partial charge in [-0.3, -0.25) is 9.69 Å². The lowest BCUT2D eigenvalue weighted by atomic mass is 10.1. The summed E-state index contributed by atoms with van der Waals surface area (Å²) < 4.78 is 5.14. The number of allylic oxidation sites excluding steroid dienone is 3. The van der Waals surface area contributed by atoms with Crippen LogP contribution in [0.3, 0.4) is 0 Å². The highest BCUT2D eigenvalue weighted by molar-refractivity contribution is 5.73. The van der Waals surface area contributed by atoms with Gasteiger partial charge >= 0.3 is 6.09 Å². The smallest absolute Gasteiger partial charge is 0.414 e. The molecule has 1 fully saturated rings. The predicted molar refractivity (Wildman–Crippen MR) is 90.9 cm³/mol. The van der Waals surface area contributed by atoms with E-state index in [0.29, 0.717) is 6.61 Å². The fourth-order valence-corrected chi connectivity index (χ4v) is 3.19. The molecule has 128 valence electrons. The molecule has 0 aromatic carbocycles. The Labute approximate surface area is 142 Å². The molecular weight excluding hydrogens is 306 g/mol. The Morgan fingerprint density at radius 3 is 2.62 bits per heavy atom. The lowest BCUT2D eigenvalue weighted by Gasteiger charge is -2.36. The van der Waals surface area contributed by atoms with Crippen molar-refractivity contribution in [3.8, 4) is 0 Å². The largest absolute Gasteiger partial charge is 0.449 e. The van der Waals surface area contributed by atoms with E-state index in [9.17, 15) is 9.59 Å². The van der Waals surface area contributed by atoms with Crippen molar-refractivity contribution in [2.75, 3.05) is 32.8 Å². The van der Waals surface area contributed by atoms with Crippen LogP contribution in [-0.2, 0) is 9.53 Å². The lowest BCUT2D eigenvalue weighted by molar-refractivity contribution is -0.130. The molecule has 6 nitrogen and oxygen atoms in total. The number of piperazine rings is 1. The quantitative estimate of drug-likeness (QED) is 0.776. The van der Waals surface area contributed by atoms with Crippen LogP contribution in [0.2, 0.25) is 0 Å². The van der Waals surface area contributed by atoms with Gasteiger partial charge in [0.2, 0.25) is 5.91 Å². The summed E-state index contributed by atoms with van der Waals surface area (Å²) in [5.74, 6) is 0.123. The molecule has 0 aromatic heterocycles. The van der Waals surface area contributed by atoms with Crippen molar-refractivity contribution < 1.29 is 14.3 Å². The molecule has 2 amide bonds. The summed E-state index contributed by atoms with van der Waals surface area (Å²) in [6, 6.07) is -0.139. The Balaban J connectivity index is 1.75. The molecule has 3 rings (SSSR count). The summed E-state index contributed by atoms with van der Waals surface area (Å²) in [5, 5.41) is 0. The molecule has 0 saturated carbocycles. The van der Waals surface area contributed by atoms with E-state index < -0.39 is 0 Å². The number of hydrogen-bond acceptors (Lipinski definition) is 4. The highest BCUT2D eigenvalue weighted by Gasteiger charge is 2.30. The van der Waals surface area contributed by atoms with Gasteiger partial charge in [0.1, 0.15) is 0 Å². The Hall–Kier alpha value is -2.50. The molecule has 6 heteroatoms. The lowest BCUT2D eigenvalue weighted by Crippen LogP contribution is -2.47. The SMILES string of the molecule is CCOC(=O)N1C=CC2=CC=CC(N3CCN(C(C)=O)CC3)=CC21. The molecule has 0 bridgehead atoms. The zero-order valence-electron chi connectivity index (χ0n) is 14.1. The number of carbonyl (C=O) groups excluding carboxylic acids is 2. The van der Waals surface area contributed by atoms with E-state index in [0.717, 1.165) is 37.4 Å². The molecule has 2 aliphatic heterocycles. The maximum atomic E-state index is 12.1. The second-order valence-corrected chi connectivity index (χ2v) is 5.98. The van der Waals surface area contributed by atoms with Gasteiger partial charge in [-0.05, 0) is 30.7 Å². The van der Waals surface area contributed by atoms with E-state index in [1.165, 1.54) is 0 Å². The normalized spacial score (nSPS) is 22.8. The number of carbonyl (C=O) groups is 2. The number of nitrogens with zero attached hydrogens (tertiary/aromatic N) is 3. The minimum absolute atomic E-state index is 0.123. The highest BCUT2D eigenvalue weighted by Crippen LogP contribution is 2.27. The van der Waals surface area contributed by atoms with E-state index >= 15 is 0 Å². The molecule has 24 heavy (non-hydrogen) atoms. The Morgan fingerprint density at radius 2 is 1.96 bits per heavy atom. The fourth-order valence-electron chi connectivity index (χ4n) is 3.19. The summed E-state index contributed by atoms with van der Waals surface area (Å²) in [6.07, 6.45) is 11.6. The van der Waals surface area contributed by atoms with Gasteiger partial charge in [-0.2, -0.15) is 0 Å². The first-order chi connectivity index (χ1) is 11.6. The van der Waals surface area contributed by atoms with Crippen LogP contribution in [0.15, 0.2) is 47.9 Å². The van der Waals surface area contributed by atoms with Crippen molar-refractivity contribution in [3.05, 3.63) is 47.9 Å². The molecule has 1 unspecified atom stereocenters. The molecule has 0 aromatic rings. The minimum atomic E-state index is -0.332. The Morgan fingerprint density at radius 1 is 1.21 bits per heavy atom. The number of ether oxygens (including phenoxy) is 1. The molecule has 1 saturated heterocycles. The van der Waals surface area contributed by atoms with Gasteiger partial charge in [-0.1, -0.05) is 12.2 Å². The minimum Gasteiger partial charge on any atom is -0.449 e. The number of fused-ring (bicyclic) bond motifs is 1. The first-order valence-corrected chi connectivity index (χ1v) is 8.34. The van der Waals surface area contributed by atoms with Crippen molar-refractivity contribution in [2.45, 2.75) is 19.9 Å². The van der Waals surface area contributed by atoms with Gasteiger partial charge in [-0.25, -0.2) is 4.79 Å². The molecule has 3 aliphatic rings. The molecule has 1 aliphatic carbocycles. The van der Waals surface area contributed by atoms with E-state index in [-0.39, 0.29) is 18.0 Å². The molecule has 0 radical (unpaired) electrons. The average Bonchev–Trinajstić information content (AvgIpc) is 2.85. The monoisotopic (exact) mass is 329 g/mol. The van der Waals surface area contributed by atoms with Crippen LogP contribution < -0.4 is 0 Å². The fraction of sp³-hybridized carbons (Fsp3) is 0.444. The first-order valence-electron chi connectivity index (χ1n) is 8.34. The predicted octanol–water partition coefficient (Wildman–Crippen LogP) is 1.89. The third-order valence-corrected chi connectivity index (χ3v) is 4.52. The Kier molecular flexibility index (Phi) is 4.74. The van der Waals surface area contributed by atoms with Crippen molar-refractivity contribution in [3.63, 3.8) is 0 Å². The van der Waals surface area contributed by atoms with Crippen molar-refractivity contribution >= 4 is 12.0 Å². The second kappa shape index (κ2) is 6.95. The van der Waals surface area contributed by atoms with Crippen LogP contribution in [0.4, 0.5) is 4.79 Å². The molecular formula is C18H23N3O3. The summed E-state index contributed by atoms with van der Waals surface area (Å²) in [4.78, 5) is 29.3. The number of rotatable bonds is 2. The molecule has 2 heterocycles. The van der Waals surface area contributed by atoms with Crippen LogP contribution in [0.25, 0.3) is 0 Å². The number of amides is 2. The first kappa shape index (κ1) is 16.4. The second-order valence-electron chi connectivity index (χ2n) is 5.98. The maximum Gasteiger partial charge on any atom is 0.414 e. The van der Waals surface area contributed by atoms with Gasteiger partial charge in [0.15, 0.2) is 0 Å². The molecule has 0 spiro atoms. The third-order valence-electron chi connectivity index (χ3n) is 4.52. The van der Waals surface area contributed by atoms with Crippen LogP contribution in [0, 0.1) is 0 Å². The summed E-state index contributed by atoms with van der Waals surface area (Å²) >= 11 is 0. The summed E-state index contributed by atoms with van der Waals surface area (Å²) in [7, 11) is 0. The Bertz CT molecular complexity index is 640. The van der Waals surface area contributed by atoms with Gasteiger partial charge < -0.3 is 14.5 Å². The van der Waals surface area contributed by atoms with E-state index in [4.69, 9.17) is 4.74 Å². The van der Waals surface area contributed by atoms with Gasteiger partial charge in [0, 0.05) is 45.0 Å². The van der Waals surface area contributed by atoms with Gasteiger partial charge in [0.25, 0.3) is 0 Å². The van der Waals surface area contributed by atoms with Crippen molar-refractivity contribution in [1.82, 2.24) is 14.7 Å². The van der Waals surface area contributed by atoms with Crippen molar-refractivity contribution in [1.29, 1.82) is 0 Å². The standard InChI is InChI=1S/C18H23N3O3/c1-3-24-18(23)21-8-7-15-5-4-6-16(13-17(15)21)20-11-9-19(10-12-20)14(2)22/h4-8,13,17H,3,9-12H2,1-2H3. The summed E-state index contributed by atoms with van der Waals surface area (Å²) in [6.45, 7) is 6.82. The van der Waals surface area contributed by atoms with Crippen LogP contribution in [0.1, 0.15) is 13.8 Å². The van der Waals surface area contributed by atoms with Crippen molar-refractivity contribution in [2.24, 2.45) is 0 Å². The van der Waals surface area contributed by atoms with E-state index in [2.05, 4.69) is 17.1 Å². The highest BCUT2D eigenvalue weighted by atomic mass is 16.6. The number of hydrogen-bond donors (Lipinski definition) is 0. The van der Waals surface area contributed by atoms with Crippen LogP contribution >= 0.6 is 0 Å².